The second-order valence-electron chi connectivity index (χ2n) is 6.51. The molecule has 4 N–H and O–H groups in total. The molecule has 5 nitrogen and oxygen atoms in total. The van der Waals surface area contributed by atoms with Gasteiger partial charge in [0, 0.05) is 12.0 Å². The van der Waals surface area contributed by atoms with E-state index in [2.05, 4.69) is 24.9 Å². The van der Waals surface area contributed by atoms with Gasteiger partial charge in [-0.1, -0.05) is 25.5 Å². The lowest BCUT2D eigenvalue weighted by molar-refractivity contribution is -0.138. The number of phenols is 1. The zero-order chi connectivity index (χ0) is 17.5. The summed E-state index contributed by atoms with van der Waals surface area (Å²) in [6.07, 6.45) is 4.95. The Morgan fingerprint density at radius 2 is 2.09 bits per heavy atom. The van der Waals surface area contributed by atoms with Crippen LogP contribution >= 0.6 is 0 Å². The predicted molar refractivity (Wildman–Crippen MR) is 92.7 cm³/mol. The molecule has 0 bridgehead atoms. The smallest absolute Gasteiger partial charge is 0.320 e. The molecule has 0 saturated carbocycles. The molecule has 23 heavy (non-hydrogen) atoms. The number of carboxylic acids is 1. The molecule has 130 valence electrons. The van der Waals surface area contributed by atoms with E-state index in [-0.39, 0.29) is 5.41 Å². The van der Waals surface area contributed by atoms with E-state index in [4.69, 9.17) is 10.8 Å². The average molecular weight is 322 g/mol. The van der Waals surface area contributed by atoms with Gasteiger partial charge in [-0.3, -0.25) is 4.79 Å². The van der Waals surface area contributed by atoms with Crippen molar-refractivity contribution in [3.8, 4) is 5.75 Å². The molecule has 2 unspecified atom stereocenters. The number of likely N-dealkylation sites (N-methyl/N-ethyl adjacent to an activating group) is 1. The van der Waals surface area contributed by atoms with Crippen molar-refractivity contribution in [3.63, 3.8) is 0 Å². The number of carbonyl (C=O) groups is 1. The maximum atomic E-state index is 9.68. The monoisotopic (exact) mass is 322 g/mol. The molecule has 0 radical (unpaired) electrons. The normalized spacial score (nSPS) is 23.3. The van der Waals surface area contributed by atoms with E-state index in [1.165, 1.54) is 38.3 Å². The van der Waals surface area contributed by atoms with Gasteiger partial charge in [0.1, 0.15) is 11.8 Å². The SMILES string of the molecule is CC(N)C(=O)O.CCC1(c2cccc(O)c2)CCCCN(C)C1. The summed E-state index contributed by atoms with van der Waals surface area (Å²) in [5.74, 6) is -0.572. The highest BCUT2D eigenvalue weighted by molar-refractivity contribution is 5.72. The summed E-state index contributed by atoms with van der Waals surface area (Å²) in [5.41, 5.74) is 6.36. The van der Waals surface area contributed by atoms with Crippen LogP contribution < -0.4 is 5.73 Å². The van der Waals surface area contributed by atoms with Crippen molar-refractivity contribution in [2.24, 2.45) is 5.73 Å². The van der Waals surface area contributed by atoms with Gasteiger partial charge in [0.15, 0.2) is 0 Å². The molecule has 1 heterocycles. The number of hydrogen-bond donors (Lipinski definition) is 3. The van der Waals surface area contributed by atoms with Crippen molar-refractivity contribution in [1.29, 1.82) is 0 Å². The molecule has 0 aromatic heterocycles. The Morgan fingerprint density at radius 3 is 2.61 bits per heavy atom. The van der Waals surface area contributed by atoms with Crippen molar-refractivity contribution >= 4 is 5.97 Å². The van der Waals surface area contributed by atoms with Crippen LogP contribution in [0.3, 0.4) is 0 Å². The quantitative estimate of drug-likeness (QED) is 0.796. The second-order valence-corrected chi connectivity index (χ2v) is 6.51. The van der Waals surface area contributed by atoms with Gasteiger partial charge in [-0.2, -0.15) is 0 Å². The Labute approximate surface area is 139 Å². The van der Waals surface area contributed by atoms with Gasteiger partial charge in [0.05, 0.1) is 0 Å². The van der Waals surface area contributed by atoms with E-state index >= 15 is 0 Å². The van der Waals surface area contributed by atoms with E-state index < -0.39 is 12.0 Å². The zero-order valence-electron chi connectivity index (χ0n) is 14.5. The van der Waals surface area contributed by atoms with E-state index in [0.717, 1.165) is 13.0 Å². The molecule has 1 aromatic rings. The Kier molecular flexibility index (Phi) is 7.52. The van der Waals surface area contributed by atoms with E-state index in [0.29, 0.717) is 5.75 Å². The fourth-order valence-corrected chi connectivity index (χ4v) is 3.08. The number of phenolic OH excluding ortho intramolecular Hbond substituents is 1. The number of likely N-dealkylation sites (tertiary alicyclic amines) is 1. The summed E-state index contributed by atoms with van der Waals surface area (Å²) < 4.78 is 0. The van der Waals surface area contributed by atoms with Crippen molar-refractivity contribution in [2.45, 2.75) is 51.0 Å². The molecule has 5 heteroatoms. The van der Waals surface area contributed by atoms with Gasteiger partial charge in [0.25, 0.3) is 0 Å². The lowest BCUT2D eigenvalue weighted by atomic mass is 9.74. The second kappa shape index (κ2) is 8.89. The number of nitrogens with zero attached hydrogens (tertiary/aromatic N) is 1. The van der Waals surface area contributed by atoms with Crippen LogP contribution in [0.4, 0.5) is 0 Å². The van der Waals surface area contributed by atoms with Crippen molar-refractivity contribution < 1.29 is 15.0 Å². The molecule has 2 atom stereocenters. The first-order valence-electron chi connectivity index (χ1n) is 8.27. The summed E-state index contributed by atoms with van der Waals surface area (Å²) in [4.78, 5) is 12.0. The van der Waals surface area contributed by atoms with Crippen LogP contribution in [0.25, 0.3) is 0 Å². The number of rotatable bonds is 3. The molecule has 0 amide bonds. The third kappa shape index (κ3) is 5.84. The number of nitrogens with two attached hydrogens (primary N) is 1. The van der Waals surface area contributed by atoms with Crippen LogP contribution in [0.5, 0.6) is 5.75 Å². The van der Waals surface area contributed by atoms with E-state index in [1.807, 2.05) is 12.1 Å². The lowest BCUT2D eigenvalue weighted by Crippen LogP contribution is -2.37. The van der Waals surface area contributed by atoms with Crippen LogP contribution in [0, 0.1) is 0 Å². The Balaban J connectivity index is 0.000000379. The number of benzene rings is 1. The molecule has 1 aromatic carbocycles. The Morgan fingerprint density at radius 1 is 1.43 bits per heavy atom. The van der Waals surface area contributed by atoms with Gasteiger partial charge in [-0.15, -0.1) is 0 Å². The summed E-state index contributed by atoms with van der Waals surface area (Å²) in [7, 11) is 2.21. The maximum Gasteiger partial charge on any atom is 0.320 e. The minimum absolute atomic E-state index is 0.226. The number of aromatic hydroxyl groups is 1. The highest BCUT2D eigenvalue weighted by Gasteiger charge is 2.33. The minimum Gasteiger partial charge on any atom is -0.508 e. The zero-order valence-corrected chi connectivity index (χ0v) is 14.5. The lowest BCUT2D eigenvalue weighted by Gasteiger charge is -2.35. The number of carboxylic acid groups (broad SMARTS) is 1. The highest BCUT2D eigenvalue weighted by Crippen LogP contribution is 2.37. The van der Waals surface area contributed by atoms with Crippen LogP contribution in [-0.4, -0.2) is 47.3 Å². The molecule has 0 spiro atoms. The first-order valence-corrected chi connectivity index (χ1v) is 8.27. The Bertz CT molecular complexity index is 505. The van der Waals surface area contributed by atoms with E-state index in [1.54, 1.807) is 6.07 Å². The fourth-order valence-electron chi connectivity index (χ4n) is 3.08. The molecule has 0 aliphatic carbocycles. The molecular weight excluding hydrogens is 292 g/mol. The molecule has 1 aliphatic heterocycles. The average Bonchev–Trinajstić information content (AvgIpc) is 2.70. The van der Waals surface area contributed by atoms with Gasteiger partial charge >= 0.3 is 5.97 Å². The standard InChI is InChI=1S/C15H23NO.C3H7NO2/c1-3-15(9-4-5-10-16(2)12-15)13-7-6-8-14(17)11-13;1-2(4)3(5)6/h6-8,11,17H,3-5,9-10,12H2,1-2H3;2H,4H2,1H3,(H,5,6). The van der Waals surface area contributed by atoms with Gasteiger partial charge in [0.2, 0.25) is 0 Å². The van der Waals surface area contributed by atoms with E-state index in [9.17, 15) is 9.90 Å². The maximum absolute atomic E-state index is 9.68. The number of hydrogen-bond acceptors (Lipinski definition) is 4. The number of aliphatic carboxylic acids is 1. The van der Waals surface area contributed by atoms with Crippen LogP contribution in [0.1, 0.15) is 45.1 Å². The van der Waals surface area contributed by atoms with Crippen LogP contribution in [-0.2, 0) is 10.2 Å². The molecule has 1 aliphatic rings. The van der Waals surface area contributed by atoms with Crippen LogP contribution in [0.2, 0.25) is 0 Å². The van der Waals surface area contributed by atoms with Crippen LogP contribution in [0.15, 0.2) is 24.3 Å². The molecular formula is C18H30N2O3. The van der Waals surface area contributed by atoms with Crippen molar-refractivity contribution in [2.75, 3.05) is 20.1 Å². The van der Waals surface area contributed by atoms with Crippen molar-refractivity contribution in [3.05, 3.63) is 29.8 Å². The fraction of sp³-hybridized carbons (Fsp3) is 0.611. The largest absolute Gasteiger partial charge is 0.508 e. The summed E-state index contributed by atoms with van der Waals surface area (Å²) in [5, 5.41) is 17.5. The predicted octanol–water partition coefficient (Wildman–Crippen LogP) is 2.57. The summed E-state index contributed by atoms with van der Waals surface area (Å²) >= 11 is 0. The van der Waals surface area contributed by atoms with Gasteiger partial charge in [-0.05, 0) is 57.5 Å². The summed E-state index contributed by atoms with van der Waals surface area (Å²) in [6.45, 7) is 5.99. The first-order chi connectivity index (χ1) is 10.8. The minimum atomic E-state index is -0.963. The van der Waals surface area contributed by atoms with Crippen molar-refractivity contribution in [1.82, 2.24) is 4.90 Å². The molecule has 2 rings (SSSR count). The summed E-state index contributed by atoms with van der Waals surface area (Å²) in [6, 6.07) is 7.11. The van der Waals surface area contributed by atoms with Gasteiger partial charge in [-0.25, -0.2) is 0 Å². The third-order valence-corrected chi connectivity index (χ3v) is 4.54. The third-order valence-electron chi connectivity index (χ3n) is 4.54. The molecule has 1 fully saturated rings. The topological polar surface area (TPSA) is 86.8 Å². The Hall–Kier alpha value is -1.59. The van der Waals surface area contributed by atoms with Gasteiger partial charge < -0.3 is 20.8 Å². The highest BCUT2D eigenvalue weighted by atomic mass is 16.4. The molecule has 1 saturated heterocycles. The first kappa shape index (κ1) is 19.5.